The first-order chi connectivity index (χ1) is 17.5. The summed E-state index contributed by atoms with van der Waals surface area (Å²) in [7, 11) is 0. The molecule has 36 heavy (non-hydrogen) atoms. The van der Waals surface area contributed by atoms with Crippen LogP contribution in [0.25, 0.3) is 32.4 Å². The fourth-order valence-electron chi connectivity index (χ4n) is 3.81. The summed E-state index contributed by atoms with van der Waals surface area (Å²) in [5.74, 6) is -0.231. The first-order valence-electron chi connectivity index (χ1n) is 11.0. The van der Waals surface area contributed by atoms with E-state index in [0.29, 0.717) is 10.8 Å². The lowest BCUT2D eigenvalue weighted by atomic mass is 10.0. The zero-order valence-corrected chi connectivity index (χ0v) is 20.3. The summed E-state index contributed by atoms with van der Waals surface area (Å²) < 4.78 is 6.99. The number of fused-ring (bicyclic) bond motifs is 1. The zero-order chi connectivity index (χ0) is 25.1. The number of nitro groups is 1. The number of nitrogens with zero attached hydrogens (tertiary/aromatic N) is 1. The Bertz CT molecular complexity index is 1590. The summed E-state index contributed by atoms with van der Waals surface area (Å²) in [5.41, 5.74) is 2.78. The van der Waals surface area contributed by atoms with Gasteiger partial charge in [0.05, 0.1) is 10.5 Å². The van der Waals surface area contributed by atoms with Gasteiger partial charge in [-0.05, 0) is 42.0 Å². The maximum absolute atomic E-state index is 13.0. The van der Waals surface area contributed by atoms with E-state index in [1.165, 1.54) is 24.3 Å². The minimum Gasteiger partial charge on any atom is -0.422 e. The average molecular weight is 512 g/mol. The van der Waals surface area contributed by atoms with Crippen molar-refractivity contribution in [3.05, 3.63) is 135 Å². The normalized spacial score (nSPS) is 11.4. The molecule has 0 aliphatic carbocycles. The average Bonchev–Trinajstić information content (AvgIpc) is 3.27. The first kappa shape index (κ1) is 23.5. The van der Waals surface area contributed by atoms with Crippen LogP contribution in [0.5, 0.6) is 0 Å². The molecule has 0 saturated carbocycles. The van der Waals surface area contributed by atoms with E-state index in [2.05, 4.69) is 6.07 Å². The Morgan fingerprint density at radius 1 is 0.833 bits per heavy atom. The van der Waals surface area contributed by atoms with Crippen LogP contribution in [0.3, 0.4) is 0 Å². The van der Waals surface area contributed by atoms with Crippen LogP contribution in [-0.2, 0) is 4.74 Å². The van der Waals surface area contributed by atoms with Crippen molar-refractivity contribution >= 4 is 56.5 Å². The molecule has 0 fully saturated rings. The van der Waals surface area contributed by atoms with Gasteiger partial charge < -0.3 is 4.74 Å². The number of hydrogen-bond donors (Lipinski definition) is 0. The van der Waals surface area contributed by atoms with Gasteiger partial charge in [-0.15, -0.1) is 11.3 Å². The molecule has 0 aliphatic heterocycles. The van der Waals surface area contributed by atoms with Crippen molar-refractivity contribution < 1.29 is 14.5 Å². The van der Waals surface area contributed by atoms with Crippen LogP contribution < -0.4 is 0 Å². The molecule has 0 amide bonds. The van der Waals surface area contributed by atoms with Crippen molar-refractivity contribution in [1.29, 1.82) is 0 Å². The van der Waals surface area contributed by atoms with Gasteiger partial charge in [-0.2, -0.15) is 0 Å². The molecule has 176 valence electrons. The van der Waals surface area contributed by atoms with Gasteiger partial charge in [-0.3, -0.25) is 10.1 Å². The zero-order valence-electron chi connectivity index (χ0n) is 18.8. The van der Waals surface area contributed by atoms with E-state index in [0.717, 1.165) is 31.7 Å². The Labute approximate surface area is 216 Å². The fourth-order valence-corrected chi connectivity index (χ4v) is 5.12. The van der Waals surface area contributed by atoms with E-state index in [1.54, 1.807) is 11.3 Å². The monoisotopic (exact) mass is 511 g/mol. The van der Waals surface area contributed by atoms with Crippen molar-refractivity contribution in [2.75, 3.05) is 0 Å². The molecule has 0 unspecified atom stereocenters. The molecule has 4 aromatic carbocycles. The summed E-state index contributed by atoms with van der Waals surface area (Å²) in [4.78, 5) is 24.5. The number of hydrogen-bond acceptors (Lipinski definition) is 5. The van der Waals surface area contributed by atoms with E-state index >= 15 is 0 Å². The summed E-state index contributed by atoms with van der Waals surface area (Å²) in [6, 6.07) is 30.4. The highest BCUT2D eigenvalue weighted by Crippen LogP contribution is 2.41. The van der Waals surface area contributed by atoms with Gasteiger partial charge in [-0.1, -0.05) is 72.3 Å². The first-order valence-corrected chi connectivity index (χ1v) is 12.2. The van der Waals surface area contributed by atoms with Gasteiger partial charge in [-0.25, -0.2) is 4.79 Å². The number of carbonyl (C=O) groups excluding carboxylic acids is 1. The number of rotatable bonds is 6. The molecule has 0 radical (unpaired) electrons. The molecule has 0 N–H and O–H groups in total. The van der Waals surface area contributed by atoms with E-state index < -0.39 is 10.9 Å². The predicted molar refractivity (Wildman–Crippen MR) is 145 cm³/mol. The highest BCUT2D eigenvalue weighted by molar-refractivity contribution is 7.22. The number of thiophene rings is 1. The Morgan fingerprint density at radius 3 is 2.19 bits per heavy atom. The molecule has 7 heteroatoms. The van der Waals surface area contributed by atoms with Crippen LogP contribution >= 0.6 is 22.9 Å². The van der Waals surface area contributed by atoms with Gasteiger partial charge in [0.2, 0.25) is 0 Å². The number of non-ortho nitro benzene ring substituents is 1. The second kappa shape index (κ2) is 10.2. The van der Waals surface area contributed by atoms with Crippen LogP contribution in [0.1, 0.15) is 21.5 Å². The minimum atomic E-state index is -0.604. The number of halogens is 1. The predicted octanol–water partition coefficient (Wildman–Crippen LogP) is 8.49. The van der Waals surface area contributed by atoms with Gasteiger partial charge in [0.1, 0.15) is 5.76 Å². The summed E-state index contributed by atoms with van der Waals surface area (Å²) in [5, 5.41) is 12.7. The Morgan fingerprint density at radius 2 is 1.50 bits per heavy atom. The molecule has 1 aromatic heterocycles. The minimum absolute atomic E-state index is 0.0947. The van der Waals surface area contributed by atoms with E-state index in [1.807, 2.05) is 78.9 Å². The largest absolute Gasteiger partial charge is 0.422 e. The van der Waals surface area contributed by atoms with E-state index in [9.17, 15) is 14.9 Å². The number of carbonyl (C=O) groups is 1. The number of ether oxygens (including phenoxy) is 1. The maximum atomic E-state index is 13.0. The van der Waals surface area contributed by atoms with Crippen LogP contribution in [-0.4, -0.2) is 10.9 Å². The van der Waals surface area contributed by atoms with Gasteiger partial charge in [0.25, 0.3) is 5.69 Å². The van der Waals surface area contributed by atoms with Crippen LogP contribution in [0, 0.1) is 10.1 Å². The lowest BCUT2D eigenvalue weighted by Gasteiger charge is -2.11. The highest BCUT2D eigenvalue weighted by Gasteiger charge is 2.18. The lowest BCUT2D eigenvalue weighted by molar-refractivity contribution is -0.384. The molecule has 5 rings (SSSR count). The molecule has 5 aromatic rings. The van der Waals surface area contributed by atoms with Crippen LogP contribution in [0.2, 0.25) is 5.02 Å². The lowest BCUT2D eigenvalue weighted by Crippen LogP contribution is -2.05. The Balaban J connectivity index is 1.62. The van der Waals surface area contributed by atoms with Gasteiger partial charge in [0.15, 0.2) is 0 Å². The molecule has 5 nitrogen and oxygen atoms in total. The third-order valence-electron chi connectivity index (χ3n) is 5.59. The standard InChI is InChI=1S/C29H18ClNO4S/c30-22-14-10-20(11-15-22)28-25(24-8-4-5-9-27(24)36-28)18-26(19-6-2-1-3-7-19)35-29(32)21-12-16-23(17-13-21)31(33)34/h1-18H/b26-18-. The van der Waals surface area contributed by atoms with Crippen molar-refractivity contribution in [3.8, 4) is 10.4 Å². The topological polar surface area (TPSA) is 69.4 Å². The molecule has 0 atom stereocenters. The molecule has 0 bridgehead atoms. The van der Waals surface area contributed by atoms with Gasteiger partial charge in [0, 0.05) is 43.2 Å². The SMILES string of the molecule is O=C(O/C(=C\c1c(-c2ccc(Cl)cc2)sc2ccccc12)c1ccccc1)c1ccc([N+](=O)[O-])cc1. The third kappa shape index (κ3) is 4.91. The van der Waals surface area contributed by atoms with Crippen molar-refractivity contribution in [3.63, 3.8) is 0 Å². The van der Waals surface area contributed by atoms with E-state index in [-0.39, 0.29) is 11.3 Å². The van der Waals surface area contributed by atoms with Gasteiger partial charge >= 0.3 is 5.97 Å². The Kier molecular flexibility index (Phi) is 6.62. The Hall–Kier alpha value is -4.26. The smallest absolute Gasteiger partial charge is 0.343 e. The quantitative estimate of drug-likeness (QED) is 0.0991. The third-order valence-corrected chi connectivity index (χ3v) is 7.08. The molecule has 0 spiro atoms. The molecular weight excluding hydrogens is 494 g/mol. The number of nitro benzene ring substituents is 1. The second-order valence-corrected chi connectivity index (χ2v) is 9.40. The van der Waals surface area contributed by atoms with Crippen molar-refractivity contribution in [2.45, 2.75) is 0 Å². The summed E-state index contributed by atoms with van der Waals surface area (Å²) in [6.45, 7) is 0. The fraction of sp³-hybridized carbons (Fsp3) is 0. The van der Waals surface area contributed by atoms with Crippen LogP contribution in [0.15, 0.2) is 103 Å². The second-order valence-electron chi connectivity index (χ2n) is 7.92. The molecular formula is C29H18ClNO4S. The summed E-state index contributed by atoms with van der Waals surface area (Å²) in [6.07, 6.45) is 1.88. The van der Waals surface area contributed by atoms with Crippen molar-refractivity contribution in [1.82, 2.24) is 0 Å². The molecule has 0 aliphatic rings. The van der Waals surface area contributed by atoms with Crippen molar-refractivity contribution in [2.24, 2.45) is 0 Å². The number of esters is 1. The van der Waals surface area contributed by atoms with E-state index in [4.69, 9.17) is 16.3 Å². The van der Waals surface area contributed by atoms with Crippen LogP contribution in [0.4, 0.5) is 5.69 Å². The maximum Gasteiger partial charge on any atom is 0.343 e. The highest BCUT2D eigenvalue weighted by atomic mass is 35.5. The summed E-state index contributed by atoms with van der Waals surface area (Å²) >= 11 is 7.77. The molecule has 0 saturated heterocycles. The molecule has 1 heterocycles. The number of benzene rings is 4.